The monoisotopic (exact) mass is 552 g/mol. The first-order chi connectivity index (χ1) is 18.8. The first-order valence-electron chi connectivity index (χ1n) is 12.9. The van der Waals surface area contributed by atoms with Gasteiger partial charge in [-0.25, -0.2) is 4.98 Å². The Morgan fingerprint density at radius 3 is 2.79 bits per heavy atom. The van der Waals surface area contributed by atoms with Crippen LogP contribution in [0.5, 0.6) is 0 Å². The van der Waals surface area contributed by atoms with Crippen molar-refractivity contribution in [3.63, 3.8) is 0 Å². The maximum absolute atomic E-state index is 13.1. The first kappa shape index (κ1) is 25.7. The summed E-state index contributed by atoms with van der Waals surface area (Å²) in [5.74, 6) is 0.919. The van der Waals surface area contributed by atoms with E-state index in [2.05, 4.69) is 31.5 Å². The molecule has 11 heteroatoms. The molecule has 1 aliphatic heterocycles. The van der Waals surface area contributed by atoms with E-state index in [1.165, 1.54) is 0 Å². The van der Waals surface area contributed by atoms with Crippen molar-refractivity contribution < 1.29 is 17.6 Å². The third-order valence-electron chi connectivity index (χ3n) is 7.22. The number of hydrogen-bond donors (Lipinski definition) is 1. The summed E-state index contributed by atoms with van der Waals surface area (Å²) in [6, 6.07) is 13.5. The third-order valence-corrected chi connectivity index (χ3v) is 8.33. The smallest absolute Gasteiger partial charge is 0.432 e. The van der Waals surface area contributed by atoms with Crippen molar-refractivity contribution >= 4 is 39.5 Å². The minimum absolute atomic E-state index is 0.235. The van der Waals surface area contributed by atoms with Gasteiger partial charge in [0.25, 0.3) is 0 Å². The number of fused-ring (bicyclic) bond motifs is 4. The Morgan fingerprint density at radius 2 is 1.95 bits per heavy atom. The zero-order valence-electron chi connectivity index (χ0n) is 21.5. The van der Waals surface area contributed by atoms with E-state index >= 15 is 0 Å². The summed E-state index contributed by atoms with van der Waals surface area (Å²) in [5.41, 5.74) is 5.01. The van der Waals surface area contributed by atoms with Gasteiger partial charge in [-0.3, -0.25) is 4.98 Å². The van der Waals surface area contributed by atoms with E-state index in [9.17, 15) is 13.2 Å². The molecule has 7 nitrogen and oxygen atoms in total. The van der Waals surface area contributed by atoms with E-state index in [1.54, 1.807) is 23.9 Å². The number of aryl methyl sites for hydroxylation is 2. The second kappa shape index (κ2) is 10.2. The number of rotatable bonds is 6. The van der Waals surface area contributed by atoms with Crippen molar-refractivity contribution in [2.45, 2.75) is 43.9 Å². The molecule has 0 radical (unpaired) electrons. The van der Waals surface area contributed by atoms with Crippen LogP contribution in [0.15, 0.2) is 52.0 Å². The number of hydrogen-bond acceptors (Lipinski definition) is 7. The van der Waals surface area contributed by atoms with Gasteiger partial charge in [-0.05, 0) is 62.8 Å². The second-order valence-electron chi connectivity index (χ2n) is 9.92. The number of halogens is 3. The highest BCUT2D eigenvalue weighted by atomic mass is 32.2. The molecule has 0 saturated heterocycles. The quantitative estimate of drug-likeness (QED) is 0.179. The lowest BCUT2D eigenvalue weighted by atomic mass is 9.96. The average Bonchev–Trinajstić information content (AvgIpc) is 3.45. The average molecular weight is 553 g/mol. The van der Waals surface area contributed by atoms with Gasteiger partial charge in [0, 0.05) is 47.2 Å². The Balaban J connectivity index is 1.07. The van der Waals surface area contributed by atoms with Crippen molar-refractivity contribution in [3.8, 4) is 11.4 Å². The Hall–Kier alpha value is -3.60. The minimum Gasteiger partial charge on any atom is -0.432 e. The molecule has 1 atom stereocenters. The maximum atomic E-state index is 13.1. The number of nitrogens with zero attached hydrogens (tertiary/aromatic N) is 5. The van der Waals surface area contributed by atoms with Crippen LogP contribution >= 0.6 is 11.8 Å². The molecule has 1 aliphatic rings. The Kier molecular flexibility index (Phi) is 6.70. The molecule has 0 bridgehead atoms. The fourth-order valence-electron chi connectivity index (χ4n) is 5.20. The van der Waals surface area contributed by atoms with Gasteiger partial charge in [0.1, 0.15) is 5.52 Å². The van der Waals surface area contributed by atoms with Gasteiger partial charge >= 0.3 is 12.1 Å². The van der Waals surface area contributed by atoms with E-state index < -0.39 is 12.1 Å². The molecule has 4 heterocycles. The van der Waals surface area contributed by atoms with Crippen LogP contribution in [0.3, 0.4) is 0 Å². The lowest BCUT2D eigenvalue weighted by molar-refractivity contribution is -0.156. The number of pyridine rings is 1. The van der Waals surface area contributed by atoms with E-state index in [0.29, 0.717) is 12.3 Å². The molecule has 3 aromatic heterocycles. The number of aromatic nitrogens is 5. The fourth-order valence-corrected chi connectivity index (χ4v) is 6.07. The van der Waals surface area contributed by atoms with Gasteiger partial charge in [0.15, 0.2) is 16.6 Å². The predicted molar refractivity (Wildman–Crippen MR) is 146 cm³/mol. The van der Waals surface area contributed by atoms with Crippen LogP contribution in [0.4, 0.5) is 18.9 Å². The molecule has 1 N–H and O–H groups in total. The van der Waals surface area contributed by atoms with E-state index in [-0.39, 0.29) is 11.1 Å². The van der Waals surface area contributed by atoms with Crippen LogP contribution in [-0.4, -0.2) is 37.0 Å². The Labute approximate surface area is 227 Å². The molecular formula is C28H27F3N6OS. The zero-order valence-corrected chi connectivity index (χ0v) is 22.4. The summed E-state index contributed by atoms with van der Waals surface area (Å²) in [5, 5.41) is 14.2. The largest absolute Gasteiger partial charge is 0.468 e. The van der Waals surface area contributed by atoms with E-state index in [0.717, 1.165) is 76.0 Å². The predicted octanol–water partition coefficient (Wildman–Crippen LogP) is 7.05. The van der Waals surface area contributed by atoms with Crippen molar-refractivity contribution in [1.29, 1.82) is 0 Å². The van der Waals surface area contributed by atoms with Gasteiger partial charge in [0.2, 0.25) is 0 Å². The highest BCUT2D eigenvalue weighted by Gasteiger charge is 2.38. The topological polar surface area (TPSA) is 81.7 Å². The number of benzene rings is 2. The lowest BCUT2D eigenvalue weighted by Crippen LogP contribution is -2.12. The summed E-state index contributed by atoms with van der Waals surface area (Å²) in [6.45, 7) is 2.75. The second-order valence-corrected chi connectivity index (χ2v) is 11.0. The molecule has 2 aromatic carbocycles. The molecule has 202 valence electrons. The first-order valence-corrected chi connectivity index (χ1v) is 13.9. The van der Waals surface area contributed by atoms with Gasteiger partial charge in [-0.15, -0.1) is 10.2 Å². The van der Waals surface area contributed by atoms with E-state index in [4.69, 9.17) is 4.42 Å². The van der Waals surface area contributed by atoms with Crippen LogP contribution in [-0.2, 0) is 19.6 Å². The molecule has 39 heavy (non-hydrogen) atoms. The fraction of sp³-hybridized carbons (Fsp3) is 0.357. The van der Waals surface area contributed by atoms with Crippen LogP contribution in [0.25, 0.3) is 33.4 Å². The number of thioether (sulfide) groups is 1. The van der Waals surface area contributed by atoms with Crippen molar-refractivity contribution in [1.82, 2.24) is 24.7 Å². The summed E-state index contributed by atoms with van der Waals surface area (Å²) in [6.07, 6.45) is -1.09. The van der Waals surface area contributed by atoms with Gasteiger partial charge < -0.3 is 14.3 Å². The van der Waals surface area contributed by atoms with Crippen LogP contribution in [0, 0.1) is 12.8 Å². The number of oxazole rings is 1. The van der Waals surface area contributed by atoms with Crippen molar-refractivity contribution in [2.24, 2.45) is 13.0 Å². The van der Waals surface area contributed by atoms with Gasteiger partial charge in [-0.2, -0.15) is 13.2 Å². The number of alkyl halides is 3. The molecule has 1 unspecified atom stereocenters. The molecule has 0 spiro atoms. The third kappa shape index (κ3) is 5.07. The summed E-state index contributed by atoms with van der Waals surface area (Å²) < 4.78 is 46.5. The zero-order chi connectivity index (χ0) is 27.1. The van der Waals surface area contributed by atoms with Crippen LogP contribution < -0.4 is 5.32 Å². The van der Waals surface area contributed by atoms with Crippen molar-refractivity contribution in [3.05, 3.63) is 59.6 Å². The Bertz CT molecular complexity index is 1660. The molecule has 6 rings (SSSR count). The normalized spacial score (nSPS) is 15.9. The Morgan fingerprint density at radius 1 is 1.08 bits per heavy atom. The number of nitrogens with one attached hydrogen (secondary N) is 1. The van der Waals surface area contributed by atoms with Crippen LogP contribution in [0.2, 0.25) is 0 Å². The maximum Gasteiger partial charge on any atom is 0.468 e. The number of anilines is 1. The van der Waals surface area contributed by atoms with E-state index in [1.807, 2.05) is 42.8 Å². The van der Waals surface area contributed by atoms with Gasteiger partial charge in [0.05, 0.1) is 5.52 Å². The van der Waals surface area contributed by atoms with Crippen LogP contribution in [0.1, 0.15) is 36.4 Å². The molecule has 0 amide bonds. The lowest BCUT2D eigenvalue weighted by Gasteiger charge is -2.14. The summed E-state index contributed by atoms with van der Waals surface area (Å²) in [7, 11) is 1.99. The summed E-state index contributed by atoms with van der Waals surface area (Å²) in [4.78, 5) is 8.27. The van der Waals surface area contributed by atoms with Gasteiger partial charge in [-0.1, -0.05) is 30.0 Å². The summed E-state index contributed by atoms with van der Waals surface area (Å²) >= 11 is 1.68. The molecule has 0 saturated carbocycles. The molecular weight excluding hydrogens is 525 g/mol. The minimum atomic E-state index is -4.60. The SMILES string of the molecule is Cc1ccc2c(-c3nnc(SCCCC4CCc5c(ccc6nc(C(F)(F)F)oc56)NC4)n3C)cccc2n1. The standard InChI is InChI=1S/C28H27F3N6OS/c1-16-8-10-18-19(6-3-7-22(18)33-16)25-35-36-27(37(25)2)39-14-4-5-17-9-11-20-21(32-15-17)12-13-23-24(20)38-26(34-23)28(29,30)31/h3,6-8,10,12-13,17,32H,4-5,9,11,14-15H2,1-2H3. The highest BCUT2D eigenvalue weighted by Crippen LogP contribution is 2.37. The highest BCUT2D eigenvalue weighted by molar-refractivity contribution is 7.99. The molecule has 5 aromatic rings. The van der Waals surface area contributed by atoms with Crippen molar-refractivity contribution in [2.75, 3.05) is 17.6 Å². The molecule has 0 fully saturated rings. The molecule has 0 aliphatic carbocycles.